The summed E-state index contributed by atoms with van der Waals surface area (Å²) < 4.78 is 2.30. The molecule has 2 unspecified atom stereocenters. The van der Waals surface area contributed by atoms with Crippen LogP contribution in [-0.2, 0) is 18.3 Å². The lowest BCUT2D eigenvalue weighted by atomic mass is 9.75. The van der Waals surface area contributed by atoms with Crippen LogP contribution in [0.1, 0.15) is 48.3 Å². The number of aromatic nitrogens is 1. The Morgan fingerprint density at radius 2 is 1.59 bits per heavy atom. The molecule has 0 aliphatic heterocycles. The molecule has 3 nitrogen and oxygen atoms in total. The number of hydrogen-bond acceptors (Lipinski definition) is 1. The second kappa shape index (κ2) is 8.66. The van der Waals surface area contributed by atoms with Gasteiger partial charge in [-0.2, -0.15) is 0 Å². The molecular formula is C29H29NO2. The summed E-state index contributed by atoms with van der Waals surface area (Å²) in [5, 5.41) is 10.9. The average molecular weight is 424 g/mol. The second-order valence-corrected chi connectivity index (χ2v) is 9.02. The van der Waals surface area contributed by atoms with Crippen LogP contribution in [0.3, 0.4) is 0 Å². The van der Waals surface area contributed by atoms with E-state index in [2.05, 4.69) is 90.5 Å². The molecule has 1 saturated carbocycles. The highest BCUT2D eigenvalue weighted by atomic mass is 16.4. The van der Waals surface area contributed by atoms with Crippen LogP contribution >= 0.6 is 0 Å². The first-order valence-electron chi connectivity index (χ1n) is 11.6. The van der Waals surface area contributed by atoms with E-state index < -0.39 is 5.97 Å². The molecular weight excluding hydrogens is 394 g/mol. The largest absolute Gasteiger partial charge is 0.481 e. The molecule has 1 aromatic heterocycles. The van der Waals surface area contributed by atoms with Crippen molar-refractivity contribution in [3.8, 4) is 11.3 Å². The molecule has 162 valence electrons. The van der Waals surface area contributed by atoms with Crippen LogP contribution < -0.4 is 0 Å². The summed E-state index contributed by atoms with van der Waals surface area (Å²) in [5.41, 5.74) is 7.48. The molecule has 1 fully saturated rings. The van der Waals surface area contributed by atoms with Gasteiger partial charge in [-0.15, -0.1) is 0 Å². The molecule has 0 spiro atoms. The summed E-state index contributed by atoms with van der Waals surface area (Å²) in [6, 6.07) is 27.9. The third-order valence-electron chi connectivity index (χ3n) is 7.13. The fourth-order valence-electron chi connectivity index (χ4n) is 5.53. The molecule has 1 aliphatic carbocycles. The number of carbonyl (C=O) groups is 1. The fourth-order valence-corrected chi connectivity index (χ4v) is 5.53. The third kappa shape index (κ3) is 3.73. The van der Waals surface area contributed by atoms with Gasteiger partial charge < -0.3 is 9.67 Å². The van der Waals surface area contributed by atoms with Crippen LogP contribution in [0.25, 0.3) is 22.2 Å². The van der Waals surface area contributed by atoms with Crippen LogP contribution in [0.15, 0.2) is 78.9 Å². The third-order valence-corrected chi connectivity index (χ3v) is 7.13. The number of aliphatic carboxylic acids is 1. The number of carboxylic acid groups (broad SMARTS) is 1. The van der Waals surface area contributed by atoms with Gasteiger partial charge in [-0.3, -0.25) is 4.79 Å². The summed E-state index contributed by atoms with van der Waals surface area (Å²) in [5.74, 6) is -0.771. The van der Waals surface area contributed by atoms with Crippen molar-refractivity contribution in [2.45, 2.75) is 38.0 Å². The Balaban J connectivity index is 1.51. The molecule has 1 N–H and O–H groups in total. The lowest BCUT2D eigenvalue weighted by Gasteiger charge is -2.29. The lowest BCUT2D eigenvalue weighted by Crippen LogP contribution is -2.25. The lowest BCUT2D eigenvalue weighted by molar-refractivity contribution is -0.143. The highest BCUT2D eigenvalue weighted by Gasteiger charge is 2.31. The van der Waals surface area contributed by atoms with Gasteiger partial charge in [0.25, 0.3) is 0 Å². The molecule has 0 amide bonds. The molecule has 32 heavy (non-hydrogen) atoms. The quantitative estimate of drug-likeness (QED) is 0.384. The standard InChI is InChI=1S/C29H29NO2/c1-30-27-14-8-7-12-24(27)26(28(30)22-9-3-2-4-10-22)19-20-15-17-21(18-16-20)23-11-5-6-13-25(23)29(31)32/h2-4,7-10,12,14-18,23,25H,5-6,11,13,19H2,1H3,(H,31,32). The first kappa shape index (κ1) is 20.6. The number of fused-ring (bicyclic) bond motifs is 1. The van der Waals surface area contributed by atoms with Crippen molar-refractivity contribution in [3.05, 3.63) is 95.6 Å². The van der Waals surface area contributed by atoms with Gasteiger partial charge in [-0.05, 0) is 47.1 Å². The highest BCUT2D eigenvalue weighted by molar-refractivity contribution is 5.92. The SMILES string of the molecule is Cn1c(-c2ccccc2)c(Cc2ccc(C3CCCCC3C(=O)O)cc2)c2ccccc21. The topological polar surface area (TPSA) is 42.2 Å². The summed E-state index contributed by atoms with van der Waals surface area (Å²) in [7, 11) is 2.15. The van der Waals surface area contributed by atoms with Gasteiger partial charge in [-0.1, -0.05) is 85.6 Å². The summed E-state index contributed by atoms with van der Waals surface area (Å²) in [6.07, 6.45) is 4.75. The van der Waals surface area contributed by atoms with Gasteiger partial charge >= 0.3 is 5.97 Å². The number of rotatable bonds is 5. The van der Waals surface area contributed by atoms with Crippen molar-refractivity contribution in [1.29, 1.82) is 0 Å². The molecule has 1 aliphatic rings. The van der Waals surface area contributed by atoms with E-state index in [-0.39, 0.29) is 11.8 Å². The van der Waals surface area contributed by atoms with Crippen LogP contribution in [0.5, 0.6) is 0 Å². The molecule has 1 heterocycles. The Hall–Kier alpha value is -3.33. The zero-order valence-corrected chi connectivity index (χ0v) is 18.5. The second-order valence-electron chi connectivity index (χ2n) is 9.02. The predicted molar refractivity (Wildman–Crippen MR) is 130 cm³/mol. The molecule has 0 bridgehead atoms. The van der Waals surface area contributed by atoms with Crippen molar-refractivity contribution >= 4 is 16.9 Å². The van der Waals surface area contributed by atoms with Crippen molar-refractivity contribution in [1.82, 2.24) is 4.57 Å². The Morgan fingerprint density at radius 3 is 2.34 bits per heavy atom. The van der Waals surface area contributed by atoms with Gasteiger partial charge in [0.1, 0.15) is 0 Å². The minimum Gasteiger partial charge on any atom is -0.481 e. The van der Waals surface area contributed by atoms with Crippen LogP contribution in [0, 0.1) is 5.92 Å². The minimum atomic E-state index is -0.651. The van der Waals surface area contributed by atoms with Gasteiger partial charge in [-0.25, -0.2) is 0 Å². The normalized spacial score (nSPS) is 18.7. The smallest absolute Gasteiger partial charge is 0.307 e. The van der Waals surface area contributed by atoms with Crippen molar-refractivity contribution < 1.29 is 9.90 Å². The summed E-state index contributed by atoms with van der Waals surface area (Å²) in [4.78, 5) is 11.7. The maximum absolute atomic E-state index is 11.7. The van der Waals surface area contributed by atoms with Gasteiger partial charge in [0.05, 0.1) is 11.6 Å². The molecule has 0 radical (unpaired) electrons. The predicted octanol–water partition coefficient (Wildman–Crippen LogP) is 6.79. The van der Waals surface area contributed by atoms with E-state index in [1.54, 1.807) is 0 Å². The maximum atomic E-state index is 11.7. The minimum absolute atomic E-state index is 0.132. The molecule has 4 aromatic rings. The maximum Gasteiger partial charge on any atom is 0.307 e. The van der Waals surface area contributed by atoms with Gasteiger partial charge in [0.15, 0.2) is 0 Å². The first-order valence-corrected chi connectivity index (χ1v) is 11.6. The van der Waals surface area contributed by atoms with E-state index in [0.29, 0.717) is 0 Å². The Bertz CT molecular complexity index is 1240. The van der Waals surface area contributed by atoms with E-state index >= 15 is 0 Å². The Kier molecular flexibility index (Phi) is 5.57. The van der Waals surface area contributed by atoms with Gasteiger partial charge in [0.2, 0.25) is 0 Å². The average Bonchev–Trinajstić information content (AvgIpc) is 3.11. The zero-order chi connectivity index (χ0) is 22.1. The Morgan fingerprint density at radius 1 is 0.906 bits per heavy atom. The van der Waals surface area contributed by atoms with Crippen LogP contribution in [0.2, 0.25) is 0 Å². The molecule has 0 saturated heterocycles. The zero-order valence-electron chi connectivity index (χ0n) is 18.5. The molecule has 2 atom stereocenters. The van der Waals surface area contributed by atoms with Crippen LogP contribution in [0.4, 0.5) is 0 Å². The number of para-hydroxylation sites is 1. The van der Waals surface area contributed by atoms with E-state index in [0.717, 1.165) is 32.1 Å². The first-order chi connectivity index (χ1) is 15.6. The van der Waals surface area contributed by atoms with E-state index in [4.69, 9.17) is 0 Å². The monoisotopic (exact) mass is 423 g/mol. The number of aryl methyl sites for hydroxylation is 1. The van der Waals surface area contributed by atoms with E-state index in [9.17, 15) is 9.90 Å². The molecule has 3 heteroatoms. The van der Waals surface area contributed by atoms with E-state index in [1.807, 2.05) is 0 Å². The molecule has 3 aromatic carbocycles. The van der Waals surface area contributed by atoms with Crippen molar-refractivity contribution in [2.24, 2.45) is 13.0 Å². The number of nitrogens with zero attached hydrogens (tertiary/aromatic N) is 1. The summed E-state index contributed by atoms with van der Waals surface area (Å²) in [6.45, 7) is 0. The van der Waals surface area contributed by atoms with Crippen LogP contribution in [-0.4, -0.2) is 15.6 Å². The van der Waals surface area contributed by atoms with Gasteiger partial charge in [0, 0.05) is 24.4 Å². The number of hydrogen-bond donors (Lipinski definition) is 1. The molecule has 5 rings (SSSR count). The highest BCUT2D eigenvalue weighted by Crippen LogP contribution is 2.39. The number of carboxylic acids is 1. The number of benzene rings is 3. The van der Waals surface area contributed by atoms with Crippen molar-refractivity contribution in [2.75, 3.05) is 0 Å². The van der Waals surface area contributed by atoms with Crippen molar-refractivity contribution in [3.63, 3.8) is 0 Å². The van der Waals surface area contributed by atoms with E-state index in [1.165, 1.54) is 38.9 Å². The fraction of sp³-hybridized carbons (Fsp3) is 0.276. The summed E-state index contributed by atoms with van der Waals surface area (Å²) >= 11 is 0. The Labute approximate surface area is 189 Å².